The minimum atomic E-state index is -0.337. The number of urea groups is 1. The Labute approximate surface area is 150 Å². The molecular formula is C18H21FN4O3. The van der Waals surface area contributed by atoms with E-state index in [0.29, 0.717) is 44.0 Å². The fourth-order valence-electron chi connectivity index (χ4n) is 3.40. The van der Waals surface area contributed by atoms with E-state index in [-0.39, 0.29) is 24.0 Å². The third kappa shape index (κ3) is 3.37. The number of carbonyl (C=O) groups is 1. The average molecular weight is 360 g/mol. The molecule has 138 valence electrons. The number of ether oxygens (including phenoxy) is 2. The largest absolute Gasteiger partial charge is 0.493 e. The van der Waals surface area contributed by atoms with Gasteiger partial charge in [-0.2, -0.15) is 5.10 Å². The number of nitrogens with one attached hydrogen (secondary N) is 1. The number of hydrogen-bond donors (Lipinski definition) is 1. The molecule has 1 aromatic carbocycles. The van der Waals surface area contributed by atoms with E-state index in [1.54, 1.807) is 21.8 Å². The first-order valence-corrected chi connectivity index (χ1v) is 8.68. The van der Waals surface area contributed by atoms with Crippen LogP contribution < -0.4 is 10.1 Å². The first-order valence-electron chi connectivity index (χ1n) is 8.68. The lowest BCUT2D eigenvalue weighted by atomic mass is 10.0. The lowest BCUT2D eigenvalue weighted by molar-refractivity contribution is -0.0159. The summed E-state index contributed by atoms with van der Waals surface area (Å²) in [6.07, 6.45) is 4.06. The van der Waals surface area contributed by atoms with E-state index in [4.69, 9.17) is 9.47 Å². The molecule has 0 aliphatic carbocycles. The lowest BCUT2D eigenvalue weighted by Crippen LogP contribution is -2.48. The van der Waals surface area contributed by atoms with Gasteiger partial charge in [-0.25, -0.2) is 9.18 Å². The molecule has 4 rings (SSSR count). The SMILES string of the molecule is Cn1cc(C2CN(C(=O)NC3CCOc4ccc(F)cc43)CCO2)cn1. The maximum absolute atomic E-state index is 13.6. The Morgan fingerprint density at radius 2 is 2.27 bits per heavy atom. The lowest BCUT2D eigenvalue weighted by Gasteiger charge is -2.34. The van der Waals surface area contributed by atoms with Crippen molar-refractivity contribution in [3.63, 3.8) is 0 Å². The highest BCUT2D eigenvalue weighted by atomic mass is 19.1. The van der Waals surface area contributed by atoms with Crippen LogP contribution in [0.1, 0.15) is 29.7 Å². The standard InChI is InChI=1S/C18H21FN4O3/c1-22-10-12(9-20-22)17-11-23(5-7-26-17)18(24)21-15-4-6-25-16-3-2-13(19)8-14(15)16/h2-3,8-10,15,17H,4-7,11H2,1H3,(H,21,24). The molecule has 26 heavy (non-hydrogen) atoms. The highest BCUT2D eigenvalue weighted by Crippen LogP contribution is 2.32. The third-order valence-corrected chi connectivity index (χ3v) is 4.76. The van der Waals surface area contributed by atoms with Gasteiger partial charge < -0.3 is 19.7 Å². The number of hydrogen-bond acceptors (Lipinski definition) is 4. The first-order chi connectivity index (χ1) is 12.6. The molecule has 0 radical (unpaired) electrons. The summed E-state index contributed by atoms with van der Waals surface area (Å²) in [7, 11) is 1.85. The van der Waals surface area contributed by atoms with Crippen molar-refractivity contribution >= 4 is 6.03 Å². The molecular weight excluding hydrogens is 339 g/mol. The smallest absolute Gasteiger partial charge is 0.318 e. The van der Waals surface area contributed by atoms with Gasteiger partial charge in [0.2, 0.25) is 0 Å². The van der Waals surface area contributed by atoms with Crippen LogP contribution in [0.5, 0.6) is 5.75 Å². The van der Waals surface area contributed by atoms with Gasteiger partial charge in [0, 0.05) is 37.3 Å². The van der Waals surface area contributed by atoms with Gasteiger partial charge in [0.25, 0.3) is 0 Å². The van der Waals surface area contributed by atoms with Gasteiger partial charge in [0.1, 0.15) is 17.7 Å². The molecule has 1 fully saturated rings. The number of rotatable bonds is 2. The third-order valence-electron chi connectivity index (χ3n) is 4.76. The van der Waals surface area contributed by atoms with Crippen molar-refractivity contribution in [1.82, 2.24) is 20.0 Å². The summed E-state index contributed by atoms with van der Waals surface area (Å²) >= 11 is 0. The Hall–Kier alpha value is -2.61. The van der Waals surface area contributed by atoms with Gasteiger partial charge in [-0.3, -0.25) is 4.68 Å². The quantitative estimate of drug-likeness (QED) is 0.891. The van der Waals surface area contributed by atoms with Gasteiger partial charge in [-0.1, -0.05) is 0 Å². The maximum atomic E-state index is 13.6. The van der Waals surface area contributed by atoms with Crippen molar-refractivity contribution in [2.75, 3.05) is 26.3 Å². The minimum Gasteiger partial charge on any atom is -0.493 e. The molecule has 0 spiro atoms. The van der Waals surface area contributed by atoms with Gasteiger partial charge in [0.05, 0.1) is 32.0 Å². The second kappa shape index (κ2) is 6.95. The van der Waals surface area contributed by atoms with Crippen LogP contribution in [0.25, 0.3) is 0 Å². The minimum absolute atomic E-state index is 0.177. The molecule has 2 amide bonds. The number of aromatic nitrogens is 2. The summed E-state index contributed by atoms with van der Waals surface area (Å²) in [5.41, 5.74) is 1.63. The van der Waals surface area contributed by atoms with Gasteiger partial charge in [0.15, 0.2) is 0 Å². The van der Waals surface area contributed by atoms with Crippen molar-refractivity contribution in [3.8, 4) is 5.75 Å². The molecule has 1 aromatic heterocycles. The fraction of sp³-hybridized carbons (Fsp3) is 0.444. The fourth-order valence-corrected chi connectivity index (χ4v) is 3.40. The molecule has 2 aliphatic heterocycles. The Bertz CT molecular complexity index is 809. The van der Waals surface area contributed by atoms with Crippen molar-refractivity contribution in [3.05, 3.63) is 47.5 Å². The molecule has 0 bridgehead atoms. The van der Waals surface area contributed by atoms with Gasteiger partial charge in [-0.15, -0.1) is 0 Å². The summed E-state index contributed by atoms with van der Waals surface area (Å²) in [5, 5.41) is 7.17. The van der Waals surface area contributed by atoms with Crippen molar-refractivity contribution in [1.29, 1.82) is 0 Å². The summed E-state index contributed by atoms with van der Waals surface area (Å²) in [6.45, 7) is 1.93. The Morgan fingerprint density at radius 1 is 1.38 bits per heavy atom. The van der Waals surface area contributed by atoms with E-state index in [1.165, 1.54) is 12.1 Å². The predicted molar refractivity (Wildman–Crippen MR) is 91.3 cm³/mol. The molecule has 2 aliphatic rings. The van der Waals surface area contributed by atoms with Crippen LogP contribution in [0.15, 0.2) is 30.6 Å². The zero-order valence-corrected chi connectivity index (χ0v) is 14.5. The number of amides is 2. The van der Waals surface area contributed by atoms with Crippen LogP contribution >= 0.6 is 0 Å². The molecule has 8 heteroatoms. The average Bonchev–Trinajstić information content (AvgIpc) is 3.09. The predicted octanol–water partition coefficient (Wildman–Crippen LogP) is 2.17. The molecule has 1 N–H and O–H groups in total. The Morgan fingerprint density at radius 3 is 3.08 bits per heavy atom. The Kier molecular flexibility index (Phi) is 4.50. The molecule has 3 heterocycles. The van der Waals surface area contributed by atoms with Crippen LogP contribution in [0, 0.1) is 5.82 Å². The van der Waals surface area contributed by atoms with Crippen LogP contribution in [-0.4, -0.2) is 47.0 Å². The molecule has 7 nitrogen and oxygen atoms in total. The normalized spacial score (nSPS) is 22.5. The van der Waals surface area contributed by atoms with Crippen LogP contribution in [0.4, 0.5) is 9.18 Å². The number of halogens is 1. The zero-order chi connectivity index (χ0) is 18.1. The van der Waals surface area contributed by atoms with Gasteiger partial charge >= 0.3 is 6.03 Å². The van der Waals surface area contributed by atoms with E-state index in [1.807, 2.05) is 13.2 Å². The van der Waals surface area contributed by atoms with Crippen LogP contribution in [0.3, 0.4) is 0 Å². The van der Waals surface area contributed by atoms with Crippen molar-refractivity contribution < 1.29 is 18.7 Å². The topological polar surface area (TPSA) is 68.6 Å². The summed E-state index contributed by atoms with van der Waals surface area (Å²) < 4.78 is 26.6. The summed E-state index contributed by atoms with van der Waals surface area (Å²) in [6, 6.07) is 3.96. The van der Waals surface area contributed by atoms with E-state index in [0.717, 1.165) is 5.56 Å². The van der Waals surface area contributed by atoms with Gasteiger partial charge in [-0.05, 0) is 18.2 Å². The van der Waals surface area contributed by atoms with Crippen LogP contribution in [0.2, 0.25) is 0 Å². The van der Waals surface area contributed by atoms with E-state index in [2.05, 4.69) is 10.4 Å². The molecule has 1 saturated heterocycles. The molecule has 2 aromatic rings. The monoisotopic (exact) mass is 360 g/mol. The van der Waals surface area contributed by atoms with Crippen LogP contribution in [-0.2, 0) is 11.8 Å². The first kappa shape index (κ1) is 16.8. The molecule has 2 atom stereocenters. The van der Waals surface area contributed by atoms with Crippen molar-refractivity contribution in [2.45, 2.75) is 18.6 Å². The highest BCUT2D eigenvalue weighted by molar-refractivity contribution is 5.75. The zero-order valence-electron chi connectivity index (χ0n) is 14.5. The maximum Gasteiger partial charge on any atom is 0.318 e. The van der Waals surface area contributed by atoms with E-state index in [9.17, 15) is 9.18 Å². The number of aryl methyl sites for hydroxylation is 1. The second-order valence-corrected chi connectivity index (χ2v) is 6.57. The summed E-state index contributed by atoms with van der Waals surface area (Å²) in [5.74, 6) is 0.287. The molecule has 2 unspecified atom stereocenters. The number of carbonyl (C=O) groups excluding carboxylic acids is 1. The van der Waals surface area contributed by atoms with E-state index >= 15 is 0 Å². The number of benzene rings is 1. The Balaban J connectivity index is 1.44. The number of morpholine rings is 1. The second-order valence-electron chi connectivity index (χ2n) is 6.57. The highest BCUT2D eigenvalue weighted by Gasteiger charge is 2.29. The molecule has 0 saturated carbocycles. The number of fused-ring (bicyclic) bond motifs is 1. The van der Waals surface area contributed by atoms with Crippen molar-refractivity contribution in [2.24, 2.45) is 7.05 Å². The van der Waals surface area contributed by atoms with E-state index < -0.39 is 0 Å². The number of nitrogens with zero attached hydrogens (tertiary/aromatic N) is 3. The summed E-state index contributed by atoms with van der Waals surface area (Å²) in [4.78, 5) is 14.5.